The van der Waals surface area contributed by atoms with Crippen LogP contribution in [0.2, 0.25) is 0 Å². The van der Waals surface area contributed by atoms with Crippen LogP contribution in [0.4, 0.5) is 11.4 Å². The van der Waals surface area contributed by atoms with Gasteiger partial charge in [-0.25, -0.2) is 4.79 Å². The number of ether oxygens (including phenoxy) is 1. The summed E-state index contributed by atoms with van der Waals surface area (Å²) in [5, 5.41) is 13.6. The van der Waals surface area contributed by atoms with E-state index in [0.717, 1.165) is 5.56 Å². The molecule has 0 saturated heterocycles. The quantitative estimate of drug-likeness (QED) is 0.527. The van der Waals surface area contributed by atoms with E-state index in [1.165, 1.54) is 12.1 Å². The Morgan fingerprint density at radius 1 is 1.10 bits per heavy atom. The summed E-state index contributed by atoms with van der Waals surface area (Å²) in [7, 11) is 0. The Hall–Kier alpha value is -2.89. The molecule has 0 aromatic heterocycles. The molecule has 2 aromatic rings. The number of carbonyl (C=O) groups excluding carboxylic acids is 1. The lowest BCUT2D eigenvalue weighted by Gasteiger charge is -2.14. The first-order valence-corrected chi connectivity index (χ1v) is 5.96. The highest BCUT2D eigenvalue weighted by Gasteiger charge is 2.30. The normalized spacial score (nSPS) is 16.4. The summed E-state index contributed by atoms with van der Waals surface area (Å²) >= 11 is 0. The van der Waals surface area contributed by atoms with Crippen LogP contribution >= 0.6 is 0 Å². The Balaban J connectivity index is 1.82. The lowest BCUT2D eigenvalue weighted by molar-refractivity contribution is -0.384. The van der Waals surface area contributed by atoms with Gasteiger partial charge in [-0.3, -0.25) is 10.1 Å². The number of carbonyl (C=O) groups is 1. The number of cyclic esters (lactones) is 1. The third-order valence-electron chi connectivity index (χ3n) is 3.06. The molecule has 0 fully saturated rings. The second kappa shape index (κ2) is 4.65. The number of fused-ring (bicyclic) bond motifs is 1. The summed E-state index contributed by atoms with van der Waals surface area (Å²) in [6.45, 7) is 0. The molecular formula is C14H10N2O4. The first-order valence-electron chi connectivity index (χ1n) is 5.96. The molecule has 1 N–H and O–H groups in total. The van der Waals surface area contributed by atoms with Gasteiger partial charge in [-0.2, -0.15) is 0 Å². The molecule has 1 atom stereocenters. The number of nitro groups is 1. The average molecular weight is 270 g/mol. The maximum Gasteiger partial charge on any atom is 0.340 e. The summed E-state index contributed by atoms with van der Waals surface area (Å²) in [6, 6.07) is 13.0. The number of benzene rings is 2. The number of non-ortho nitro benzene ring substituents is 1. The van der Waals surface area contributed by atoms with Crippen LogP contribution in [0.25, 0.3) is 0 Å². The predicted molar refractivity (Wildman–Crippen MR) is 71.3 cm³/mol. The van der Waals surface area contributed by atoms with Crippen molar-refractivity contribution in [3.8, 4) is 0 Å². The van der Waals surface area contributed by atoms with Gasteiger partial charge in [-0.1, -0.05) is 18.2 Å². The molecule has 0 amide bonds. The van der Waals surface area contributed by atoms with Gasteiger partial charge in [0.25, 0.3) is 5.69 Å². The molecule has 0 unspecified atom stereocenters. The minimum absolute atomic E-state index is 0.0133. The number of esters is 1. The molecule has 0 spiro atoms. The summed E-state index contributed by atoms with van der Waals surface area (Å²) in [4.78, 5) is 21.8. The largest absolute Gasteiger partial charge is 0.434 e. The first kappa shape index (κ1) is 12.2. The van der Waals surface area contributed by atoms with Gasteiger partial charge in [0, 0.05) is 23.4 Å². The van der Waals surface area contributed by atoms with Gasteiger partial charge in [0.05, 0.1) is 10.5 Å². The van der Waals surface area contributed by atoms with Crippen molar-refractivity contribution in [3.63, 3.8) is 0 Å². The van der Waals surface area contributed by atoms with Crippen LogP contribution in [0.15, 0.2) is 48.5 Å². The molecule has 1 aliphatic rings. The molecule has 6 heteroatoms. The first-order chi connectivity index (χ1) is 9.65. The van der Waals surface area contributed by atoms with Crippen LogP contribution in [-0.4, -0.2) is 10.9 Å². The number of rotatable bonds is 3. The van der Waals surface area contributed by atoms with E-state index in [4.69, 9.17) is 4.74 Å². The highest BCUT2D eigenvalue weighted by atomic mass is 16.6. The maximum atomic E-state index is 11.7. The summed E-state index contributed by atoms with van der Waals surface area (Å²) < 4.78 is 5.23. The van der Waals surface area contributed by atoms with E-state index in [1.54, 1.807) is 24.3 Å². The summed E-state index contributed by atoms with van der Waals surface area (Å²) in [5.74, 6) is -0.375. The number of anilines is 1. The van der Waals surface area contributed by atoms with Crippen molar-refractivity contribution in [3.05, 3.63) is 69.8 Å². The van der Waals surface area contributed by atoms with Crippen molar-refractivity contribution in [1.29, 1.82) is 0 Å². The summed E-state index contributed by atoms with van der Waals surface area (Å²) in [6.07, 6.45) is -0.569. The fraction of sp³-hybridized carbons (Fsp3) is 0.0714. The van der Waals surface area contributed by atoms with Gasteiger partial charge >= 0.3 is 5.97 Å². The Morgan fingerprint density at radius 2 is 1.80 bits per heavy atom. The number of hydrogen-bond donors (Lipinski definition) is 1. The van der Waals surface area contributed by atoms with E-state index in [9.17, 15) is 14.9 Å². The molecule has 1 aliphatic heterocycles. The van der Waals surface area contributed by atoms with Crippen LogP contribution < -0.4 is 5.32 Å². The minimum atomic E-state index is -0.569. The number of hydrogen-bond acceptors (Lipinski definition) is 5. The minimum Gasteiger partial charge on any atom is -0.434 e. The molecule has 0 radical (unpaired) electrons. The summed E-state index contributed by atoms with van der Waals surface area (Å²) in [5.41, 5.74) is 1.95. The van der Waals surface area contributed by atoms with Crippen molar-refractivity contribution >= 4 is 17.3 Å². The molecule has 2 aromatic carbocycles. The van der Waals surface area contributed by atoms with Crippen molar-refractivity contribution in [1.82, 2.24) is 0 Å². The van der Waals surface area contributed by atoms with Crippen molar-refractivity contribution in [2.75, 3.05) is 5.32 Å². The van der Waals surface area contributed by atoms with E-state index >= 15 is 0 Å². The van der Waals surface area contributed by atoms with Gasteiger partial charge in [0.1, 0.15) is 0 Å². The lowest BCUT2D eigenvalue weighted by Crippen LogP contribution is -2.10. The lowest BCUT2D eigenvalue weighted by atomic mass is 10.1. The molecule has 0 saturated carbocycles. The zero-order valence-corrected chi connectivity index (χ0v) is 10.3. The van der Waals surface area contributed by atoms with Crippen molar-refractivity contribution in [2.45, 2.75) is 6.23 Å². The van der Waals surface area contributed by atoms with Gasteiger partial charge in [0.2, 0.25) is 6.23 Å². The molecule has 0 aliphatic carbocycles. The fourth-order valence-electron chi connectivity index (χ4n) is 2.08. The smallest absolute Gasteiger partial charge is 0.340 e. The average Bonchev–Trinajstić information content (AvgIpc) is 2.77. The zero-order chi connectivity index (χ0) is 14.1. The van der Waals surface area contributed by atoms with E-state index < -0.39 is 11.2 Å². The number of nitro benzene ring substituents is 1. The molecule has 6 nitrogen and oxygen atoms in total. The van der Waals surface area contributed by atoms with E-state index in [2.05, 4.69) is 5.32 Å². The van der Waals surface area contributed by atoms with Crippen molar-refractivity contribution < 1.29 is 14.5 Å². The highest BCUT2D eigenvalue weighted by molar-refractivity contribution is 5.94. The molecular weight excluding hydrogens is 260 g/mol. The Morgan fingerprint density at radius 3 is 2.50 bits per heavy atom. The van der Waals surface area contributed by atoms with Gasteiger partial charge in [-0.05, 0) is 18.2 Å². The Bertz CT molecular complexity index is 682. The Kier molecular flexibility index (Phi) is 2.83. The topological polar surface area (TPSA) is 81.5 Å². The standard InChI is InChI=1S/C14H10N2O4/c17-14-12-4-2-1-3-11(12)13(20-14)15-9-5-7-10(8-6-9)16(18)19/h1-8,13,15H/t13-/m0/s1. The molecule has 3 rings (SSSR count). The molecule has 20 heavy (non-hydrogen) atoms. The van der Waals surface area contributed by atoms with Crippen LogP contribution in [0, 0.1) is 10.1 Å². The Labute approximate surface area is 114 Å². The van der Waals surface area contributed by atoms with Gasteiger partial charge < -0.3 is 10.1 Å². The fourth-order valence-corrected chi connectivity index (χ4v) is 2.08. The SMILES string of the molecule is O=C1O[C@H](Nc2ccc([N+](=O)[O-])cc2)c2ccccc21. The molecule has 100 valence electrons. The van der Waals surface area contributed by atoms with Crippen LogP contribution in [0.5, 0.6) is 0 Å². The predicted octanol–water partition coefficient (Wildman–Crippen LogP) is 2.88. The molecule has 0 bridgehead atoms. The van der Waals surface area contributed by atoms with E-state index in [1.807, 2.05) is 12.1 Å². The highest BCUT2D eigenvalue weighted by Crippen LogP contribution is 2.31. The maximum absolute atomic E-state index is 11.7. The van der Waals surface area contributed by atoms with E-state index in [-0.39, 0.29) is 11.7 Å². The van der Waals surface area contributed by atoms with Crippen LogP contribution in [0.1, 0.15) is 22.1 Å². The molecule has 1 heterocycles. The van der Waals surface area contributed by atoms with Crippen LogP contribution in [-0.2, 0) is 4.74 Å². The number of nitrogens with zero attached hydrogens (tertiary/aromatic N) is 1. The third kappa shape index (κ3) is 2.07. The zero-order valence-electron chi connectivity index (χ0n) is 10.3. The second-order valence-corrected chi connectivity index (χ2v) is 4.32. The van der Waals surface area contributed by atoms with Gasteiger partial charge in [-0.15, -0.1) is 0 Å². The monoisotopic (exact) mass is 270 g/mol. The second-order valence-electron chi connectivity index (χ2n) is 4.32. The van der Waals surface area contributed by atoms with Crippen molar-refractivity contribution in [2.24, 2.45) is 0 Å². The number of nitrogens with one attached hydrogen (secondary N) is 1. The third-order valence-corrected chi connectivity index (χ3v) is 3.06. The van der Waals surface area contributed by atoms with E-state index in [0.29, 0.717) is 11.3 Å². The van der Waals surface area contributed by atoms with Crippen LogP contribution in [0.3, 0.4) is 0 Å². The van der Waals surface area contributed by atoms with Gasteiger partial charge in [0.15, 0.2) is 0 Å².